The van der Waals surface area contributed by atoms with Crippen molar-refractivity contribution in [2.24, 2.45) is 0 Å². The molecule has 7 heteroatoms. The lowest BCUT2D eigenvalue weighted by Crippen LogP contribution is -2.37. The highest BCUT2D eigenvalue weighted by Gasteiger charge is 2.17. The summed E-state index contributed by atoms with van der Waals surface area (Å²) in [5, 5.41) is 0.162. The van der Waals surface area contributed by atoms with Gasteiger partial charge >= 0.3 is 6.01 Å². The van der Waals surface area contributed by atoms with Gasteiger partial charge in [-0.15, -0.1) is 0 Å². The molecule has 19 heavy (non-hydrogen) atoms. The van der Waals surface area contributed by atoms with Crippen LogP contribution in [0.15, 0.2) is 0 Å². The third-order valence-electron chi connectivity index (χ3n) is 2.87. The molecule has 106 valence electrons. The Labute approximate surface area is 118 Å². The van der Waals surface area contributed by atoms with Crippen molar-refractivity contribution in [3.63, 3.8) is 0 Å². The number of nitrogens with zero attached hydrogens (tertiary/aromatic N) is 4. The summed E-state index contributed by atoms with van der Waals surface area (Å²) in [5.41, 5.74) is 0. The number of morpholine rings is 1. The smallest absolute Gasteiger partial charge is 0.322 e. The molecule has 0 aliphatic carbocycles. The van der Waals surface area contributed by atoms with E-state index in [1.165, 1.54) is 0 Å². The Bertz CT molecular complexity index is 413. The van der Waals surface area contributed by atoms with Gasteiger partial charge in [-0.25, -0.2) is 0 Å². The molecule has 0 amide bonds. The highest BCUT2D eigenvalue weighted by molar-refractivity contribution is 6.28. The van der Waals surface area contributed by atoms with E-state index in [0.717, 1.165) is 25.9 Å². The molecule has 0 aromatic carbocycles. The van der Waals surface area contributed by atoms with Crippen LogP contribution in [0.3, 0.4) is 0 Å². The summed E-state index contributed by atoms with van der Waals surface area (Å²) in [6.45, 7) is 6.96. The van der Waals surface area contributed by atoms with E-state index in [2.05, 4.69) is 21.9 Å². The summed E-state index contributed by atoms with van der Waals surface area (Å²) in [5.74, 6) is 0.557. The van der Waals surface area contributed by atoms with Crippen LogP contribution < -0.4 is 9.64 Å². The van der Waals surface area contributed by atoms with Gasteiger partial charge in [0.15, 0.2) is 0 Å². The molecule has 0 radical (unpaired) electrons. The van der Waals surface area contributed by atoms with Gasteiger partial charge < -0.3 is 14.4 Å². The SMILES string of the molecule is CCCC(C)Oc1nc(Cl)nc(N2CCOCC2)n1. The summed E-state index contributed by atoms with van der Waals surface area (Å²) < 4.78 is 11.0. The summed E-state index contributed by atoms with van der Waals surface area (Å²) in [4.78, 5) is 14.5. The lowest BCUT2D eigenvalue weighted by atomic mass is 10.2. The van der Waals surface area contributed by atoms with Crippen molar-refractivity contribution in [3.8, 4) is 6.01 Å². The predicted molar refractivity (Wildman–Crippen MR) is 72.9 cm³/mol. The number of aromatic nitrogens is 3. The zero-order valence-corrected chi connectivity index (χ0v) is 12.1. The van der Waals surface area contributed by atoms with Crippen LogP contribution in [0.4, 0.5) is 5.95 Å². The minimum atomic E-state index is 0.0704. The molecule has 1 aliphatic rings. The van der Waals surface area contributed by atoms with E-state index in [1.807, 2.05) is 11.8 Å². The molecule has 2 heterocycles. The van der Waals surface area contributed by atoms with E-state index in [0.29, 0.717) is 25.2 Å². The first-order chi connectivity index (χ1) is 9.19. The maximum atomic E-state index is 5.93. The van der Waals surface area contributed by atoms with Gasteiger partial charge in [0.2, 0.25) is 11.2 Å². The van der Waals surface area contributed by atoms with Crippen molar-refractivity contribution in [2.45, 2.75) is 32.8 Å². The van der Waals surface area contributed by atoms with Crippen LogP contribution in [0.5, 0.6) is 6.01 Å². The van der Waals surface area contributed by atoms with E-state index in [9.17, 15) is 0 Å². The molecule has 1 aliphatic heterocycles. The molecule has 1 fully saturated rings. The van der Waals surface area contributed by atoms with Gasteiger partial charge in [-0.3, -0.25) is 0 Å². The summed E-state index contributed by atoms with van der Waals surface area (Å²) in [6, 6.07) is 0.294. The van der Waals surface area contributed by atoms with Crippen LogP contribution in [-0.4, -0.2) is 47.4 Å². The molecule has 0 saturated carbocycles. The van der Waals surface area contributed by atoms with E-state index in [1.54, 1.807) is 0 Å². The van der Waals surface area contributed by atoms with Crippen molar-refractivity contribution in [2.75, 3.05) is 31.2 Å². The second kappa shape index (κ2) is 6.86. The fourth-order valence-corrected chi connectivity index (χ4v) is 2.07. The molecule has 1 atom stereocenters. The lowest BCUT2D eigenvalue weighted by Gasteiger charge is -2.26. The number of rotatable bonds is 5. The summed E-state index contributed by atoms with van der Waals surface area (Å²) in [7, 11) is 0. The number of anilines is 1. The molecule has 1 unspecified atom stereocenters. The monoisotopic (exact) mass is 286 g/mol. The van der Waals surface area contributed by atoms with Crippen LogP contribution in [0.1, 0.15) is 26.7 Å². The van der Waals surface area contributed by atoms with Gasteiger partial charge in [0, 0.05) is 13.1 Å². The molecular formula is C12H19ClN4O2. The summed E-state index contributed by atoms with van der Waals surface area (Å²) >= 11 is 5.93. The topological polar surface area (TPSA) is 60.4 Å². The van der Waals surface area contributed by atoms with Gasteiger partial charge in [-0.05, 0) is 24.9 Å². The van der Waals surface area contributed by atoms with Crippen LogP contribution in [0.2, 0.25) is 5.28 Å². The molecule has 1 saturated heterocycles. The van der Waals surface area contributed by atoms with Crippen molar-refractivity contribution in [1.29, 1.82) is 0 Å². The van der Waals surface area contributed by atoms with Crippen molar-refractivity contribution in [3.05, 3.63) is 5.28 Å². The minimum absolute atomic E-state index is 0.0704. The highest BCUT2D eigenvalue weighted by Crippen LogP contribution is 2.17. The maximum Gasteiger partial charge on any atom is 0.322 e. The van der Waals surface area contributed by atoms with Crippen LogP contribution in [0, 0.1) is 0 Å². The summed E-state index contributed by atoms with van der Waals surface area (Å²) in [6.07, 6.45) is 2.08. The van der Waals surface area contributed by atoms with Crippen molar-refractivity contribution < 1.29 is 9.47 Å². The van der Waals surface area contributed by atoms with E-state index >= 15 is 0 Å². The Kier molecular flexibility index (Phi) is 5.15. The third-order valence-corrected chi connectivity index (χ3v) is 3.04. The zero-order chi connectivity index (χ0) is 13.7. The highest BCUT2D eigenvalue weighted by atomic mass is 35.5. The van der Waals surface area contributed by atoms with Crippen LogP contribution >= 0.6 is 11.6 Å². The number of hydrogen-bond donors (Lipinski definition) is 0. The standard InChI is InChI=1S/C12H19ClN4O2/c1-3-4-9(2)19-12-15-10(13)14-11(16-12)17-5-7-18-8-6-17/h9H,3-8H2,1-2H3. The fraction of sp³-hybridized carbons (Fsp3) is 0.750. The van der Waals surface area contributed by atoms with Gasteiger partial charge in [-0.2, -0.15) is 15.0 Å². The van der Waals surface area contributed by atoms with Crippen molar-refractivity contribution in [1.82, 2.24) is 15.0 Å². The number of hydrogen-bond acceptors (Lipinski definition) is 6. The largest absolute Gasteiger partial charge is 0.460 e. The van der Waals surface area contributed by atoms with Gasteiger partial charge in [0.1, 0.15) is 0 Å². The Morgan fingerprint density at radius 2 is 2.05 bits per heavy atom. The second-order valence-electron chi connectivity index (χ2n) is 4.50. The first-order valence-corrected chi connectivity index (χ1v) is 6.97. The molecule has 0 spiro atoms. The van der Waals surface area contributed by atoms with Gasteiger partial charge in [0.25, 0.3) is 0 Å². The molecule has 1 aromatic heterocycles. The molecular weight excluding hydrogens is 268 g/mol. The average Bonchev–Trinajstić information content (AvgIpc) is 2.39. The second-order valence-corrected chi connectivity index (χ2v) is 4.84. The molecule has 1 aromatic rings. The van der Waals surface area contributed by atoms with Crippen molar-refractivity contribution >= 4 is 17.5 Å². The predicted octanol–water partition coefficient (Wildman–Crippen LogP) is 1.93. The quantitative estimate of drug-likeness (QED) is 0.824. The Balaban J connectivity index is 2.09. The molecule has 6 nitrogen and oxygen atoms in total. The van der Waals surface area contributed by atoms with Gasteiger partial charge in [-0.1, -0.05) is 13.3 Å². The molecule has 0 N–H and O–H groups in total. The maximum absolute atomic E-state index is 5.93. The molecule has 2 rings (SSSR count). The normalized spacial score (nSPS) is 17.3. The fourth-order valence-electron chi connectivity index (χ4n) is 1.92. The number of halogens is 1. The van der Waals surface area contributed by atoms with Crippen LogP contribution in [-0.2, 0) is 4.74 Å². The zero-order valence-electron chi connectivity index (χ0n) is 11.3. The first-order valence-electron chi connectivity index (χ1n) is 6.60. The number of ether oxygens (including phenoxy) is 2. The van der Waals surface area contributed by atoms with E-state index < -0.39 is 0 Å². The van der Waals surface area contributed by atoms with Crippen LogP contribution in [0.25, 0.3) is 0 Å². The van der Waals surface area contributed by atoms with E-state index in [-0.39, 0.29) is 11.4 Å². The van der Waals surface area contributed by atoms with Gasteiger partial charge in [0.05, 0.1) is 19.3 Å². The Hall–Kier alpha value is -1.14. The van der Waals surface area contributed by atoms with E-state index in [4.69, 9.17) is 21.1 Å². The average molecular weight is 287 g/mol. The third kappa shape index (κ3) is 4.18. The Morgan fingerprint density at radius 1 is 1.32 bits per heavy atom. The Morgan fingerprint density at radius 3 is 2.74 bits per heavy atom. The minimum Gasteiger partial charge on any atom is -0.460 e. The lowest BCUT2D eigenvalue weighted by molar-refractivity contribution is 0.121. The molecule has 0 bridgehead atoms. The first kappa shape index (κ1) is 14.3.